The van der Waals surface area contributed by atoms with Crippen LogP contribution >= 0.6 is 0 Å². The predicted molar refractivity (Wildman–Crippen MR) is 92.6 cm³/mol. The Kier molecular flexibility index (Phi) is 3.90. The summed E-state index contributed by atoms with van der Waals surface area (Å²) < 4.78 is 3.37. The van der Waals surface area contributed by atoms with Gasteiger partial charge in [-0.2, -0.15) is 9.78 Å². The lowest BCUT2D eigenvalue weighted by Crippen LogP contribution is -2.29. The van der Waals surface area contributed by atoms with Gasteiger partial charge in [-0.3, -0.25) is 4.79 Å². The number of hydrogen-bond acceptors (Lipinski definition) is 4. The number of hydrogen-bond donors (Lipinski definition) is 0. The van der Waals surface area contributed by atoms with Crippen LogP contribution in [0.5, 0.6) is 0 Å². The topological polar surface area (TPSA) is 55.4 Å². The molecule has 3 aromatic rings. The first-order chi connectivity index (χ1) is 11.7. The first-order valence-corrected chi connectivity index (χ1v) is 8.47. The molecular weight excluding hydrogens is 302 g/mol. The summed E-state index contributed by atoms with van der Waals surface area (Å²) in [5.74, 6) is 0. The van der Waals surface area contributed by atoms with Crippen LogP contribution in [-0.2, 0) is 6.42 Å². The summed E-state index contributed by atoms with van der Waals surface area (Å²) in [6.07, 6.45) is 9.11. The molecule has 1 aliphatic heterocycles. The monoisotopic (exact) mass is 323 g/mol. The van der Waals surface area contributed by atoms with Crippen molar-refractivity contribution < 1.29 is 0 Å². The standard InChI is InChI=1S/C18H21N5O/c1-14-4-3-10-21(14)11-8-15-12-22-13-16(6-7-17(22)20-15)23-18(24)5-2-9-19-23/h2,5-7,9,12-14H,3-4,8,10-11H2,1H3/t14-/m1/s1. The largest absolute Gasteiger partial charge is 0.305 e. The molecule has 6 nitrogen and oxygen atoms in total. The minimum atomic E-state index is -0.139. The summed E-state index contributed by atoms with van der Waals surface area (Å²) in [5, 5.41) is 4.12. The quantitative estimate of drug-likeness (QED) is 0.736. The van der Waals surface area contributed by atoms with E-state index in [2.05, 4.69) is 21.9 Å². The van der Waals surface area contributed by atoms with E-state index in [1.165, 1.54) is 30.1 Å². The van der Waals surface area contributed by atoms with Gasteiger partial charge in [0.15, 0.2) is 0 Å². The summed E-state index contributed by atoms with van der Waals surface area (Å²) in [6, 6.07) is 7.64. The second-order valence-electron chi connectivity index (χ2n) is 6.44. The molecule has 1 atom stereocenters. The first-order valence-electron chi connectivity index (χ1n) is 8.47. The second kappa shape index (κ2) is 6.20. The Hall–Kier alpha value is -2.47. The van der Waals surface area contributed by atoms with E-state index in [0.717, 1.165) is 30.0 Å². The molecule has 0 unspecified atom stereocenters. The Morgan fingerprint density at radius 3 is 2.96 bits per heavy atom. The second-order valence-corrected chi connectivity index (χ2v) is 6.44. The van der Waals surface area contributed by atoms with Crippen LogP contribution in [0.25, 0.3) is 11.3 Å². The van der Waals surface area contributed by atoms with E-state index in [0.29, 0.717) is 6.04 Å². The molecule has 0 spiro atoms. The average molecular weight is 323 g/mol. The van der Waals surface area contributed by atoms with Crippen molar-refractivity contribution in [3.63, 3.8) is 0 Å². The van der Waals surface area contributed by atoms with Crippen LogP contribution in [0.2, 0.25) is 0 Å². The van der Waals surface area contributed by atoms with E-state index >= 15 is 0 Å². The zero-order chi connectivity index (χ0) is 16.5. The first kappa shape index (κ1) is 15.1. The van der Waals surface area contributed by atoms with Crippen LogP contribution in [0.4, 0.5) is 0 Å². The fourth-order valence-electron chi connectivity index (χ4n) is 3.41. The molecule has 0 saturated carbocycles. The Bertz CT molecular complexity index is 913. The normalized spacial score (nSPS) is 18.5. The van der Waals surface area contributed by atoms with Crippen LogP contribution in [0.15, 0.2) is 47.7 Å². The molecule has 3 aromatic heterocycles. The molecule has 1 saturated heterocycles. The van der Waals surface area contributed by atoms with Gasteiger partial charge >= 0.3 is 0 Å². The van der Waals surface area contributed by atoms with Crippen LogP contribution in [0.3, 0.4) is 0 Å². The van der Waals surface area contributed by atoms with Crippen molar-refractivity contribution in [3.8, 4) is 5.69 Å². The molecule has 1 aliphatic rings. The predicted octanol–water partition coefficient (Wildman–Crippen LogP) is 1.91. The highest BCUT2D eigenvalue weighted by atomic mass is 16.1. The zero-order valence-corrected chi connectivity index (χ0v) is 13.8. The van der Waals surface area contributed by atoms with Crippen LogP contribution in [-0.4, -0.2) is 43.2 Å². The van der Waals surface area contributed by atoms with Gasteiger partial charge in [-0.05, 0) is 44.5 Å². The van der Waals surface area contributed by atoms with Gasteiger partial charge in [0.25, 0.3) is 5.56 Å². The number of pyridine rings is 1. The van der Waals surface area contributed by atoms with Gasteiger partial charge in [-0.15, -0.1) is 0 Å². The third-order valence-electron chi connectivity index (χ3n) is 4.79. The summed E-state index contributed by atoms with van der Waals surface area (Å²) in [4.78, 5) is 19.1. The summed E-state index contributed by atoms with van der Waals surface area (Å²) in [6.45, 7) is 4.55. The lowest BCUT2D eigenvalue weighted by atomic mass is 10.2. The average Bonchev–Trinajstić information content (AvgIpc) is 3.18. The van der Waals surface area contributed by atoms with Gasteiger partial charge in [-0.25, -0.2) is 4.98 Å². The molecule has 24 heavy (non-hydrogen) atoms. The number of aromatic nitrogens is 4. The van der Waals surface area contributed by atoms with Gasteiger partial charge in [-0.1, -0.05) is 0 Å². The van der Waals surface area contributed by atoms with E-state index < -0.39 is 0 Å². The van der Waals surface area contributed by atoms with Gasteiger partial charge in [0.05, 0.1) is 11.4 Å². The Labute approximate surface area is 140 Å². The van der Waals surface area contributed by atoms with E-state index in [9.17, 15) is 4.79 Å². The van der Waals surface area contributed by atoms with Gasteiger partial charge in [0.2, 0.25) is 0 Å². The van der Waals surface area contributed by atoms with Crippen molar-refractivity contribution in [3.05, 3.63) is 58.9 Å². The highest BCUT2D eigenvalue weighted by Crippen LogP contribution is 2.17. The molecule has 0 aromatic carbocycles. The maximum absolute atomic E-state index is 11.9. The number of likely N-dealkylation sites (tertiary alicyclic amines) is 1. The lowest BCUT2D eigenvalue weighted by molar-refractivity contribution is 0.271. The summed E-state index contributed by atoms with van der Waals surface area (Å²) in [5.41, 5.74) is 2.58. The third-order valence-corrected chi connectivity index (χ3v) is 4.79. The van der Waals surface area contributed by atoms with Crippen LogP contribution < -0.4 is 5.56 Å². The Balaban J connectivity index is 1.57. The molecular formula is C18H21N5O. The highest BCUT2D eigenvalue weighted by Gasteiger charge is 2.19. The van der Waals surface area contributed by atoms with Gasteiger partial charge < -0.3 is 9.30 Å². The Morgan fingerprint density at radius 1 is 1.25 bits per heavy atom. The molecule has 6 heteroatoms. The molecule has 4 heterocycles. The van der Waals surface area contributed by atoms with Crippen molar-refractivity contribution in [1.29, 1.82) is 0 Å². The maximum Gasteiger partial charge on any atom is 0.271 e. The summed E-state index contributed by atoms with van der Waals surface area (Å²) >= 11 is 0. The molecule has 0 amide bonds. The van der Waals surface area contributed by atoms with Crippen molar-refractivity contribution in [2.75, 3.05) is 13.1 Å². The molecule has 0 aliphatic carbocycles. The number of nitrogens with zero attached hydrogens (tertiary/aromatic N) is 5. The SMILES string of the molecule is C[C@@H]1CCCN1CCc1cn2cc(-n3ncccc3=O)ccc2n1. The highest BCUT2D eigenvalue weighted by molar-refractivity contribution is 5.45. The van der Waals surface area contributed by atoms with E-state index in [4.69, 9.17) is 0 Å². The third kappa shape index (κ3) is 2.85. The number of fused-ring (bicyclic) bond motifs is 1. The van der Waals surface area contributed by atoms with Crippen molar-refractivity contribution in [2.45, 2.75) is 32.2 Å². The molecule has 124 valence electrons. The van der Waals surface area contributed by atoms with Crippen molar-refractivity contribution >= 4 is 5.65 Å². The van der Waals surface area contributed by atoms with Gasteiger partial charge in [0.1, 0.15) is 5.65 Å². The minimum absolute atomic E-state index is 0.139. The van der Waals surface area contributed by atoms with E-state index in [-0.39, 0.29) is 5.56 Å². The molecule has 4 rings (SSSR count). The fraction of sp³-hybridized carbons (Fsp3) is 0.389. The van der Waals surface area contributed by atoms with Crippen LogP contribution in [0.1, 0.15) is 25.5 Å². The molecule has 1 fully saturated rings. The van der Waals surface area contributed by atoms with Crippen molar-refractivity contribution in [2.24, 2.45) is 0 Å². The zero-order valence-electron chi connectivity index (χ0n) is 13.8. The van der Waals surface area contributed by atoms with E-state index in [1.807, 2.05) is 28.9 Å². The van der Waals surface area contributed by atoms with Gasteiger partial charge in [0, 0.05) is 43.7 Å². The molecule has 0 N–H and O–H groups in total. The van der Waals surface area contributed by atoms with E-state index in [1.54, 1.807) is 12.3 Å². The number of rotatable bonds is 4. The molecule has 0 radical (unpaired) electrons. The summed E-state index contributed by atoms with van der Waals surface area (Å²) in [7, 11) is 0. The minimum Gasteiger partial charge on any atom is -0.305 e. The lowest BCUT2D eigenvalue weighted by Gasteiger charge is -2.19. The Morgan fingerprint density at radius 2 is 2.17 bits per heavy atom. The maximum atomic E-state index is 11.9. The smallest absolute Gasteiger partial charge is 0.271 e. The fourth-order valence-corrected chi connectivity index (χ4v) is 3.41. The number of imidazole rings is 1. The molecule has 0 bridgehead atoms. The van der Waals surface area contributed by atoms with Crippen molar-refractivity contribution in [1.82, 2.24) is 24.1 Å². The van der Waals surface area contributed by atoms with Crippen LogP contribution in [0, 0.1) is 0 Å².